The lowest BCUT2D eigenvalue weighted by atomic mass is 10.1. The predicted molar refractivity (Wildman–Crippen MR) is 144 cm³/mol. The summed E-state index contributed by atoms with van der Waals surface area (Å²) < 4.78 is 10.4. The number of nitro groups is 1. The Hall–Kier alpha value is -4.70. The van der Waals surface area contributed by atoms with Gasteiger partial charge in [-0.2, -0.15) is 4.99 Å². The third-order valence-corrected chi connectivity index (χ3v) is 5.31. The highest BCUT2D eigenvalue weighted by molar-refractivity contribution is 5.85. The van der Waals surface area contributed by atoms with Crippen LogP contribution in [0.5, 0.6) is 11.5 Å². The van der Waals surface area contributed by atoms with Crippen LogP contribution >= 0.6 is 12.4 Å². The minimum atomic E-state index is -0.449. The van der Waals surface area contributed by atoms with E-state index < -0.39 is 4.92 Å². The number of nitrogens with one attached hydrogen (secondary N) is 1. The molecule has 3 N–H and O–H groups in total. The number of aromatic nitrogens is 2. The van der Waals surface area contributed by atoms with Gasteiger partial charge in [0.05, 0.1) is 30.5 Å². The van der Waals surface area contributed by atoms with Gasteiger partial charge in [0, 0.05) is 29.8 Å². The molecule has 0 unspecified atom stereocenters. The van der Waals surface area contributed by atoms with E-state index in [0.717, 1.165) is 16.9 Å². The monoisotopic (exact) mass is 520 g/mol. The fourth-order valence-corrected chi connectivity index (χ4v) is 3.40. The first-order valence-corrected chi connectivity index (χ1v) is 10.9. The van der Waals surface area contributed by atoms with Gasteiger partial charge in [-0.1, -0.05) is 24.3 Å². The number of guanidine groups is 1. The van der Waals surface area contributed by atoms with E-state index in [0.29, 0.717) is 29.2 Å². The molecule has 0 fully saturated rings. The number of hydrogen-bond acceptors (Lipinski definition) is 7. The minimum absolute atomic E-state index is 0. The molecule has 4 aromatic rings. The van der Waals surface area contributed by atoms with Gasteiger partial charge in [-0.15, -0.1) is 12.4 Å². The molecule has 4 rings (SSSR count). The van der Waals surface area contributed by atoms with Gasteiger partial charge < -0.3 is 20.5 Å². The molecule has 0 spiro atoms. The lowest BCUT2D eigenvalue weighted by Gasteiger charge is -2.09. The topological polar surface area (TPSA) is 138 Å². The first kappa shape index (κ1) is 26.9. The summed E-state index contributed by atoms with van der Waals surface area (Å²) in [5, 5.41) is 14.3. The molecule has 0 saturated carbocycles. The lowest BCUT2D eigenvalue weighted by molar-refractivity contribution is -0.384. The van der Waals surface area contributed by atoms with Crippen LogP contribution < -0.4 is 20.5 Å². The fraction of sp³-hybridized carbons (Fsp3) is 0.115. The molecule has 37 heavy (non-hydrogen) atoms. The molecular weight excluding hydrogens is 496 g/mol. The van der Waals surface area contributed by atoms with Gasteiger partial charge in [0.2, 0.25) is 0 Å². The van der Waals surface area contributed by atoms with E-state index >= 15 is 0 Å². The van der Waals surface area contributed by atoms with Crippen LogP contribution in [0.1, 0.15) is 5.56 Å². The average molecular weight is 521 g/mol. The number of methoxy groups -OCH3 is 2. The van der Waals surface area contributed by atoms with Crippen molar-refractivity contribution in [3.8, 4) is 34.0 Å². The normalized spacial score (nSPS) is 10.8. The van der Waals surface area contributed by atoms with Crippen molar-refractivity contribution in [3.63, 3.8) is 0 Å². The number of non-ortho nitro benzene ring substituents is 1. The predicted octanol–water partition coefficient (Wildman–Crippen LogP) is 4.89. The quantitative estimate of drug-likeness (QED) is 0.145. The number of ether oxygens (including phenoxy) is 2. The number of nitro benzene ring substituents is 1. The van der Waals surface area contributed by atoms with E-state index in [1.807, 2.05) is 48.5 Å². The van der Waals surface area contributed by atoms with Crippen molar-refractivity contribution in [1.82, 2.24) is 15.3 Å². The Morgan fingerprint density at radius 2 is 1.51 bits per heavy atom. The molecule has 190 valence electrons. The molecule has 1 heterocycles. The molecule has 0 aliphatic heterocycles. The van der Waals surface area contributed by atoms with E-state index in [4.69, 9.17) is 15.2 Å². The van der Waals surface area contributed by atoms with E-state index in [9.17, 15) is 10.1 Å². The maximum Gasteiger partial charge on any atom is 0.270 e. The zero-order valence-electron chi connectivity index (χ0n) is 20.1. The maximum absolute atomic E-state index is 11.3. The molecule has 10 nitrogen and oxygen atoms in total. The molecule has 0 bridgehead atoms. The molecule has 1 aromatic heterocycles. The van der Waals surface area contributed by atoms with Crippen LogP contribution in [-0.4, -0.2) is 35.1 Å². The second-order valence-corrected chi connectivity index (χ2v) is 7.67. The number of aliphatic imine (C=N–C) groups is 1. The summed E-state index contributed by atoms with van der Waals surface area (Å²) in [5.74, 6) is 1.71. The Bertz CT molecular complexity index is 1400. The molecular formula is C26H25ClN6O4. The van der Waals surface area contributed by atoms with Gasteiger partial charge in [0.25, 0.3) is 11.6 Å². The maximum atomic E-state index is 11.3. The van der Waals surface area contributed by atoms with Crippen molar-refractivity contribution in [2.75, 3.05) is 14.2 Å². The highest BCUT2D eigenvalue weighted by Gasteiger charge is 2.12. The standard InChI is InChI=1S/C26H24N6O4.ClH/c1-35-21-10-6-17(7-11-21)16-28-25(27)31-26-29-23(18-8-12-22(36-2)13-9-18)15-24(30-26)19-4-3-5-20(14-19)32(33)34;/h3-15H,16H2,1-2H3,(H3,27,28,29,30,31);1H. The smallest absolute Gasteiger partial charge is 0.270 e. The van der Waals surface area contributed by atoms with E-state index in [1.165, 1.54) is 12.1 Å². The van der Waals surface area contributed by atoms with Crippen LogP contribution in [0.4, 0.5) is 11.6 Å². The molecule has 0 radical (unpaired) electrons. The number of nitrogens with two attached hydrogens (primary N) is 1. The van der Waals surface area contributed by atoms with Crippen molar-refractivity contribution in [2.45, 2.75) is 6.54 Å². The SMILES string of the molecule is COc1ccc(CNC(N)=Nc2nc(-c3ccc(OC)cc3)cc(-c3cccc([N+](=O)[O-])c3)n2)cc1.Cl. The van der Waals surface area contributed by atoms with Crippen molar-refractivity contribution in [3.05, 3.63) is 94.5 Å². The molecule has 0 amide bonds. The highest BCUT2D eigenvalue weighted by atomic mass is 35.5. The molecule has 0 saturated heterocycles. The van der Waals surface area contributed by atoms with Crippen LogP contribution in [0.3, 0.4) is 0 Å². The lowest BCUT2D eigenvalue weighted by Crippen LogP contribution is -2.30. The minimum Gasteiger partial charge on any atom is -0.497 e. The summed E-state index contributed by atoms with van der Waals surface area (Å²) in [6.45, 7) is 0.440. The zero-order chi connectivity index (χ0) is 25.5. The third-order valence-electron chi connectivity index (χ3n) is 5.31. The Morgan fingerprint density at radius 3 is 2.11 bits per heavy atom. The molecule has 3 aromatic carbocycles. The summed E-state index contributed by atoms with van der Waals surface area (Å²) in [6, 6.07) is 22.9. The summed E-state index contributed by atoms with van der Waals surface area (Å²) in [4.78, 5) is 24.2. The molecule has 0 aliphatic carbocycles. The number of benzene rings is 3. The van der Waals surface area contributed by atoms with E-state index in [1.54, 1.807) is 32.4 Å². The first-order valence-electron chi connectivity index (χ1n) is 10.9. The van der Waals surface area contributed by atoms with Crippen LogP contribution in [0, 0.1) is 10.1 Å². The molecule has 0 atom stereocenters. The number of hydrogen-bond donors (Lipinski definition) is 2. The Morgan fingerprint density at radius 1 is 0.919 bits per heavy atom. The molecule has 11 heteroatoms. The largest absolute Gasteiger partial charge is 0.497 e. The summed E-state index contributed by atoms with van der Waals surface area (Å²) >= 11 is 0. The highest BCUT2D eigenvalue weighted by Crippen LogP contribution is 2.29. The van der Waals surface area contributed by atoms with Gasteiger partial charge in [0.1, 0.15) is 11.5 Å². The second kappa shape index (κ2) is 12.3. The number of halogens is 1. The van der Waals surface area contributed by atoms with Crippen LogP contribution in [-0.2, 0) is 6.54 Å². The van der Waals surface area contributed by atoms with Gasteiger partial charge >= 0.3 is 0 Å². The summed E-state index contributed by atoms with van der Waals surface area (Å²) in [5.41, 5.74) is 9.47. The van der Waals surface area contributed by atoms with Crippen LogP contribution in [0.15, 0.2) is 83.9 Å². The molecule has 0 aliphatic rings. The van der Waals surface area contributed by atoms with Crippen molar-refractivity contribution in [1.29, 1.82) is 0 Å². The number of rotatable bonds is 8. The van der Waals surface area contributed by atoms with Gasteiger partial charge in [-0.3, -0.25) is 10.1 Å². The summed E-state index contributed by atoms with van der Waals surface area (Å²) in [6.07, 6.45) is 0. The zero-order valence-corrected chi connectivity index (χ0v) is 20.9. The van der Waals surface area contributed by atoms with Crippen molar-refractivity contribution >= 4 is 30.0 Å². The Balaban J connectivity index is 0.00000380. The van der Waals surface area contributed by atoms with E-state index in [-0.39, 0.29) is 30.0 Å². The second-order valence-electron chi connectivity index (χ2n) is 7.67. The fourth-order valence-electron chi connectivity index (χ4n) is 3.40. The van der Waals surface area contributed by atoms with Crippen molar-refractivity contribution in [2.24, 2.45) is 10.7 Å². The van der Waals surface area contributed by atoms with Crippen LogP contribution in [0.25, 0.3) is 22.5 Å². The van der Waals surface area contributed by atoms with E-state index in [2.05, 4.69) is 20.3 Å². The van der Waals surface area contributed by atoms with Gasteiger partial charge in [0.15, 0.2) is 5.96 Å². The van der Waals surface area contributed by atoms with Gasteiger partial charge in [-0.25, -0.2) is 9.97 Å². The van der Waals surface area contributed by atoms with Crippen LogP contribution in [0.2, 0.25) is 0 Å². The third kappa shape index (κ3) is 6.92. The summed E-state index contributed by atoms with van der Waals surface area (Å²) in [7, 11) is 3.20. The Kier molecular flexibility index (Phi) is 8.95. The van der Waals surface area contributed by atoms with Crippen molar-refractivity contribution < 1.29 is 14.4 Å². The first-order chi connectivity index (χ1) is 17.4. The van der Waals surface area contributed by atoms with Gasteiger partial charge in [-0.05, 0) is 48.0 Å². The Labute approximate surface area is 219 Å². The number of nitrogens with zero attached hydrogens (tertiary/aromatic N) is 4. The average Bonchev–Trinajstić information content (AvgIpc) is 2.92.